The maximum Gasteiger partial charge on any atom is 0.134 e. The van der Waals surface area contributed by atoms with E-state index in [1.54, 1.807) is 0 Å². The van der Waals surface area contributed by atoms with Crippen LogP contribution in [0.1, 0.15) is 25.7 Å². The molecule has 0 aromatic heterocycles. The van der Waals surface area contributed by atoms with E-state index < -0.39 is 0 Å². The van der Waals surface area contributed by atoms with E-state index in [2.05, 4.69) is 52.3 Å². The third kappa shape index (κ3) is 2.19. The van der Waals surface area contributed by atoms with Gasteiger partial charge < -0.3 is 4.74 Å². The van der Waals surface area contributed by atoms with E-state index in [0.717, 1.165) is 10.2 Å². The van der Waals surface area contributed by atoms with E-state index in [0.29, 0.717) is 6.10 Å². The first-order valence-electron chi connectivity index (χ1n) is 6.18. The predicted molar refractivity (Wildman–Crippen MR) is 74.5 cm³/mol. The van der Waals surface area contributed by atoms with Crippen molar-refractivity contribution in [1.82, 2.24) is 0 Å². The summed E-state index contributed by atoms with van der Waals surface area (Å²) >= 11 is 3.66. The molecule has 88 valence electrons. The van der Waals surface area contributed by atoms with Crippen LogP contribution < -0.4 is 4.74 Å². The normalized spacial score (nSPS) is 16.5. The van der Waals surface area contributed by atoms with E-state index in [1.165, 1.54) is 36.5 Å². The van der Waals surface area contributed by atoms with Crippen molar-refractivity contribution in [3.8, 4) is 5.75 Å². The number of halogens is 1. The Balaban J connectivity index is 1.96. The standard InChI is InChI=1S/C15H15BrO/c16-15-13-8-4-1-5-11(13)9-10-14(15)17-12-6-2-3-7-12/h1,4-5,8-10,12H,2-3,6-7H2. The van der Waals surface area contributed by atoms with Crippen LogP contribution in [0.2, 0.25) is 0 Å². The average Bonchev–Trinajstić information content (AvgIpc) is 2.86. The number of hydrogen-bond acceptors (Lipinski definition) is 1. The minimum atomic E-state index is 0.410. The summed E-state index contributed by atoms with van der Waals surface area (Å²) in [5.74, 6) is 0.982. The molecule has 0 radical (unpaired) electrons. The second kappa shape index (κ2) is 4.69. The summed E-state index contributed by atoms with van der Waals surface area (Å²) in [6, 6.07) is 12.6. The van der Waals surface area contributed by atoms with Gasteiger partial charge in [-0.05, 0) is 58.5 Å². The van der Waals surface area contributed by atoms with Crippen LogP contribution in [-0.2, 0) is 0 Å². The molecule has 1 aliphatic rings. The van der Waals surface area contributed by atoms with Gasteiger partial charge in [-0.15, -0.1) is 0 Å². The molecule has 0 unspecified atom stereocenters. The Morgan fingerprint density at radius 3 is 2.59 bits per heavy atom. The Kier molecular flexibility index (Phi) is 3.06. The summed E-state index contributed by atoms with van der Waals surface area (Å²) in [6.45, 7) is 0. The first-order valence-corrected chi connectivity index (χ1v) is 6.98. The summed E-state index contributed by atoms with van der Waals surface area (Å²) < 4.78 is 7.15. The number of hydrogen-bond donors (Lipinski definition) is 0. The smallest absolute Gasteiger partial charge is 0.134 e. The molecule has 0 heterocycles. The van der Waals surface area contributed by atoms with Crippen molar-refractivity contribution < 1.29 is 4.74 Å². The molecule has 0 spiro atoms. The lowest BCUT2D eigenvalue weighted by Crippen LogP contribution is -2.11. The number of benzene rings is 2. The largest absolute Gasteiger partial charge is 0.489 e. The van der Waals surface area contributed by atoms with E-state index in [9.17, 15) is 0 Å². The Hall–Kier alpha value is -1.02. The summed E-state index contributed by atoms with van der Waals surface area (Å²) in [5.41, 5.74) is 0. The molecule has 0 aliphatic heterocycles. The zero-order valence-electron chi connectivity index (χ0n) is 9.66. The molecule has 3 rings (SSSR count). The fourth-order valence-corrected chi connectivity index (χ4v) is 3.08. The maximum absolute atomic E-state index is 6.07. The lowest BCUT2D eigenvalue weighted by molar-refractivity contribution is 0.209. The second-order valence-corrected chi connectivity index (χ2v) is 5.42. The van der Waals surface area contributed by atoms with Gasteiger partial charge in [-0.2, -0.15) is 0 Å². The Bertz CT molecular complexity index is 529. The molecule has 1 aliphatic carbocycles. The molecule has 2 aromatic rings. The Morgan fingerprint density at radius 2 is 1.76 bits per heavy atom. The highest BCUT2D eigenvalue weighted by Crippen LogP contribution is 2.35. The highest BCUT2D eigenvalue weighted by atomic mass is 79.9. The van der Waals surface area contributed by atoms with Crippen molar-refractivity contribution in [3.05, 3.63) is 40.9 Å². The maximum atomic E-state index is 6.07. The molecule has 1 fully saturated rings. The van der Waals surface area contributed by atoms with Crippen LogP contribution in [0.5, 0.6) is 5.75 Å². The molecular formula is C15H15BrO. The number of ether oxygens (including phenoxy) is 1. The zero-order chi connectivity index (χ0) is 11.7. The molecule has 0 amide bonds. The molecule has 0 atom stereocenters. The van der Waals surface area contributed by atoms with E-state index in [4.69, 9.17) is 4.74 Å². The van der Waals surface area contributed by atoms with Crippen molar-refractivity contribution in [1.29, 1.82) is 0 Å². The minimum Gasteiger partial charge on any atom is -0.489 e. The van der Waals surface area contributed by atoms with Gasteiger partial charge in [0.25, 0.3) is 0 Å². The van der Waals surface area contributed by atoms with Gasteiger partial charge in [0.1, 0.15) is 5.75 Å². The van der Waals surface area contributed by atoms with Gasteiger partial charge in [0.15, 0.2) is 0 Å². The van der Waals surface area contributed by atoms with Gasteiger partial charge >= 0.3 is 0 Å². The molecular weight excluding hydrogens is 276 g/mol. The summed E-state index contributed by atoms with van der Waals surface area (Å²) in [7, 11) is 0. The van der Waals surface area contributed by atoms with Crippen LogP contribution >= 0.6 is 15.9 Å². The van der Waals surface area contributed by atoms with Crippen LogP contribution in [0, 0.1) is 0 Å². The Labute approximate surface area is 110 Å². The SMILES string of the molecule is Brc1c(OC2CCCC2)ccc2ccccc12. The minimum absolute atomic E-state index is 0.410. The monoisotopic (exact) mass is 290 g/mol. The molecule has 0 N–H and O–H groups in total. The van der Waals surface area contributed by atoms with Crippen LogP contribution in [0.15, 0.2) is 40.9 Å². The van der Waals surface area contributed by atoms with Crippen molar-refractivity contribution in [2.24, 2.45) is 0 Å². The zero-order valence-corrected chi connectivity index (χ0v) is 11.2. The third-order valence-electron chi connectivity index (χ3n) is 3.42. The highest BCUT2D eigenvalue weighted by molar-refractivity contribution is 9.10. The topological polar surface area (TPSA) is 9.23 Å². The van der Waals surface area contributed by atoms with Gasteiger partial charge in [0.05, 0.1) is 10.6 Å². The fraction of sp³-hybridized carbons (Fsp3) is 0.333. The van der Waals surface area contributed by atoms with Gasteiger partial charge in [-0.1, -0.05) is 30.3 Å². The van der Waals surface area contributed by atoms with Crippen LogP contribution in [-0.4, -0.2) is 6.10 Å². The van der Waals surface area contributed by atoms with E-state index in [-0.39, 0.29) is 0 Å². The number of rotatable bonds is 2. The molecule has 0 bridgehead atoms. The Morgan fingerprint density at radius 1 is 1.00 bits per heavy atom. The molecule has 17 heavy (non-hydrogen) atoms. The summed E-state index contributed by atoms with van der Waals surface area (Å²) in [6.07, 6.45) is 5.40. The number of fused-ring (bicyclic) bond motifs is 1. The first-order chi connectivity index (χ1) is 8.34. The summed E-state index contributed by atoms with van der Waals surface area (Å²) in [4.78, 5) is 0. The highest BCUT2D eigenvalue weighted by Gasteiger charge is 2.18. The van der Waals surface area contributed by atoms with E-state index in [1.807, 2.05) is 0 Å². The lowest BCUT2D eigenvalue weighted by Gasteiger charge is -2.15. The lowest BCUT2D eigenvalue weighted by atomic mass is 10.1. The summed E-state index contributed by atoms with van der Waals surface area (Å²) in [5, 5.41) is 2.47. The molecule has 1 nitrogen and oxygen atoms in total. The third-order valence-corrected chi connectivity index (χ3v) is 4.24. The first kappa shape index (κ1) is 11.1. The molecule has 0 saturated heterocycles. The van der Waals surface area contributed by atoms with Crippen molar-refractivity contribution >= 4 is 26.7 Å². The van der Waals surface area contributed by atoms with Crippen LogP contribution in [0.3, 0.4) is 0 Å². The van der Waals surface area contributed by atoms with Gasteiger partial charge in [0.2, 0.25) is 0 Å². The van der Waals surface area contributed by atoms with Gasteiger partial charge in [0, 0.05) is 0 Å². The van der Waals surface area contributed by atoms with Crippen LogP contribution in [0.25, 0.3) is 10.8 Å². The van der Waals surface area contributed by atoms with Crippen molar-refractivity contribution in [3.63, 3.8) is 0 Å². The van der Waals surface area contributed by atoms with Gasteiger partial charge in [-0.3, -0.25) is 0 Å². The van der Waals surface area contributed by atoms with E-state index >= 15 is 0 Å². The molecule has 2 aromatic carbocycles. The van der Waals surface area contributed by atoms with Crippen molar-refractivity contribution in [2.45, 2.75) is 31.8 Å². The fourth-order valence-electron chi connectivity index (χ4n) is 2.49. The molecule has 2 heteroatoms. The van der Waals surface area contributed by atoms with Gasteiger partial charge in [-0.25, -0.2) is 0 Å². The molecule has 1 saturated carbocycles. The second-order valence-electron chi connectivity index (χ2n) is 4.62. The van der Waals surface area contributed by atoms with Crippen molar-refractivity contribution in [2.75, 3.05) is 0 Å². The quantitative estimate of drug-likeness (QED) is 0.762. The predicted octanol–water partition coefficient (Wildman–Crippen LogP) is 4.92. The van der Waals surface area contributed by atoms with Crippen LogP contribution in [0.4, 0.5) is 0 Å². The average molecular weight is 291 g/mol.